The fourth-order valence-corrected chi connectivity index (χ4v) is 4.79. The highest BCUT2D eigenvalue weighted by Crippen LogP contribution is 2.32. The monoisotopic (exact) mass is 418 g/mol. The molecule has 3 N–H and O–H groups in total. The van der Waals surface area contributed by atoms with E-state index in [9.17, 15) is 9.59 Å². The van der Waals surface area contributed by atoms with Gasteiger partial charge in [-0.1, -0.05) is 46.5 Å². The summed E-state index contributed by atoms with van der Waals surface area (Å²) >= 11 is 9.86. The number of amides is 2. The van der Waals surface area contributed by atoms with Gasteiger partial charge in [-0.15, -0.1) is 10.2 Å². The summed E-state index contributed by atoms with van der Waals surface area (Å²) in [7, 11) is 1.52. The molecule has 0 aliphatic rings. The number of nitrogens with one attached hydrogen (secondary N) is 1. The normalized spacial score (nSPS) is 11.8. The molecule has 2 rings (SSSR count). The molecule has 0 aliphatic carbocycles. The average molecular weight is 419 g/mol. The molecule has 1 atom stereocenters. The molecular weight excluding hydrogens is 404 g/mol. The van der Waals surface area contributed by atoms with Crippen LogP contribution in [0.4, 0.5) is 5.69 Å². The van der Waals surface area contributed by atoms with E-state index in [1.165, 1.54) is 42.0 Å². The van der Waals surface area contributed by atoms with Crippen molar-refractivity contribution in [2.24, 2.45) is 5.73 Å². The van der Waals surface area contributed by atoms with E-state index in [1.54, 1.807) is 25.1 Å². The van der Waals surface area contributed by atoms with Crippen molar-refractivity contribution in [3.05, 3.63) is 23.2 Å². The Morgan fingerprint density at radius 1 is 1.40 bits per heavy atom. The summed E-state index contributed by atoms with van der Waals surface area (Å²) in [6.45, 7) is 1.77. The Kier molecular flexibility index (Phi) is 7.36. The Bertz CT molecular complexity index is 772. The van der Waals surface area contributed by atoms with Gasteiger partial charge in [0.05, 0.1) is 23.1 Å². The minimum absolute atomic E-state index is 0.146. The Labute approximate surface area is 162 Å². The molecular formula is C14H15ClN4O3S3. The first-order chi connectivity index (χ1) is 11.9. The number of halogens is 1. The number of benzene rings is 1. The zero-order valence-corrected chi connectivity index (χ0v) is 16.5. The van der Waals surface area contributed by atoms with E-state index in [1.807, 2.05) is 0 Å². The minimum Gasteiger partial charge on any atom is -0.495 e. The standard InChI is InChI=1S/C14H15ClN4O3S3/c1-7(24-14-19-18-13(25-14)23-6-11(16)20)12(21)17-8-3-4-10(22-2)9(15)5-8/h3-5,7H,6H2,1-2H3,(H2,16,20)(H,17,21). The van der Waals surface area contributed by atoms with Gasteiger partial charge in [-0.25, -0.2) is 0 Å². The molecule has 0 bridgehead atoms. The van der Waals surface area contributed by atoms with Crippen LogP contribution >= 0.6 is 46.5 Å². The van der Waals surface area contributed by atoms with Crippen LogP contribution in [0.1, 0.15) is 6.92 Å². The minimum atomic E-state index is -0.416. The molecule has 1 heterocycles. The van der Waals surface area contributed by atoms with Gasteiger partial charge in [0.15, 0.2) is 8.68 Å². The summed E-state index contributed by atoms with van der Waals surface area (Å²) in [5, 5.41) is 10.8. The Morgan fingerprint density at radius 3 is 2.76 bits per heavy atom. The molecule has 0 aliphatic heterocycles. The summed E-state index contributed by atoms with van der Waals surface area (Å²) in [6, 6.07) is 5.02. The van der Waals surface area contributed by atoms with Crippen molar-refractivity contribution in [3.63, 3.8) is 0 Å². The predicted molar refractivity (Wildman–Crippen MR) is 102 cm³/mol. The second kappa shape index (κ2) is 9.27. The first kappa shape index (κ1) is 19.8. The quantitative estimate of drug-likeness (QED) is 0.634. The number of carbonyl (C=O) groups is 2. The third-order valence-electron chi connectivity index (χ3n) is 2.79. The van der Waals surface area contributed by atoms with Gasteiger partial charge in [-0.2, -0.15) is 0 Å². The van der Waals surface area contributed by atoms with Gasteiger partial charge in [0.25, 0.3) is 0 Å². The lowest BCUT2D eigenvalue weighted by Crippen LogP contribution is -2.22. The number of rotatable bonds is 8. The van der Waals surface area contributed by atoms with E-state index in [2.05, 4.69) is 15.5 Å². The molecule has 2 amide bonds. The highest BCUT2D eigenvalue weighted by molar-refractivity contribution is 8.04. The van der Waals surface area contributed by atoms with Gasteiger partial charge in [0, 0.05) is 5.69 Å². The van der Waals surface area contributed by atoms with E-state index in [4.69, 9.17) is 22.1 Å². The summed E-state index contributed by atoms with van der Waals surface area (Å²) < 4.78 is 6.35. The Morgan fingerprint density at radius 2 is 2.12 bits per heavy atom. The third kappa shape index (κ3) is 6.07. The Hall–Kier alpha value is -1.49. The van der Waals surface area contributed by atoms with Crippen LogP contribution in [0.5, 0.6) is 5.75 Å². The zero-order valence-electron chi connectivity index (χ0n) is 13.3. The number of hydrogen-bond acceptors (Lipinski definition) is 8. The van der Waals surface area contributed by atoms with Gasteiger partial charge < -0.3 is 15.8 Å². The van der Waals surface area contributed by atoms with Gasteiger partial charge >= 0.3 is 0 Å². The van der Waals surface area contributed by atoms with Crippen molar-refractivity contribution in [3.8, 4) is 5.75 Å². The van der Waals surface area contributed by atoms with Crippen LogP contribution in [0.3, 0.4) is 0 Å². The molecule has 0 saturated heterocycles. The van der Waals surface area contributed by atoms with Gasteiger partial charge in [-0.05, 0) is 25.1 Å². The fraction of sp³-hybridized carbons (Fsp3) is 0.286. The topological polar surface area (TPSA) is 107 Å². The number of nitrogens with two attached hydrogens (primary N) is 1. The Balaban J connectivity index is 1.91. The molecule has 134 valence electrons. The number of carbonyl (C=O) groups excluding carboxylic acids is 2. The number of hydrogen-bond donors (Lipinski definition) is 2. The zero-order chi connectivity index (χ0) is 18.4. The largest absolute Gasteiger partial charge is 0.495 e. The van der Waals surface area contributed by atoms with Crippen LogP contribution in [0, 0.1) is 0 Å². The number of thioether (sulfide) groups is 2. The molecule has 0 saturated carbocycles. The lowest BCUT2D eigenvalue weighted by molar-refractivity contribution is -0.116. The molecule has 0 fully saturated rings. The number of primary amides is 1. The lowest BCUT2D eigenvalue weighted by Gasteiger charge is -2.11. The van der Waals surface area contributed by atoms with Crippen LogP contribution < -0.4 is 15.8 Å². The molecule has 25 heavy (non-hydrogen) atoms. The van der Waals surface area contributed by atoms with Crippen LogP contribution in [0.15, 0.2) is 26.9 Å². The smallest absolute Gasteiger partial charge is 0.237 e. The highest BCUT2D eigenvalue weighted by atomic mass is 35.5. The maximum absolute atomic E-state index is 12.3. The second-order valence-corrected chi connectivity index (χ2v) is 8.88. The highest BCUT2D eigenvalue weighted by Gasteiger charge is 2.18. The SMILES string of the molecule is COc1ccc(NC(=O)C(C)Sc2nnc(SCC(N)=O)s2)cc1Cl. The number of nitrogens with zero attached hydrogens (tertiary/aromatic N) is 2. The first-order valence-electron chi connectivity index (χ1n) is 6.94. The summed E-state index contributed by atoms with van der Waals surface area (Å²) in [5.41, 5.74) is 5.67. The van der Waals surface area contributed by atoms with Crippen molar-refractivity contribution >= 4 is 64.0 Å². The van der Waals surface area contributed by atoms with Crippen molar-refractivity contribution < 1.29 is 14.3 Å². The van der Waals surface area contributed by atoms with Gasteiger partial charge in [0.2, 0.25) is 11.8 Å². The number of anilines is 1. The van der Waals surface area contributed by atoms with E-state index >= 15 is 0 Å². The van der Waals surface area contributed by atoms with Gasteiger partial charge in [-0.3, -0.25) is 9.59 Å². The summed E-state index contributed by atoms with van der Waals surface area (Å²) in [5.74, 6) is 0.0816. The molecule has 1 aromatic carbocycles. The van der Waals surface area contributed by atoms with Crippen LogP contribution in [0.2, 0.25) is 5.02 Å². The molecule has 0 radical (unpaired) electrons. The average Bonchev–Trinajstić information content (AvgIpc) is 3.00. The third-order valence-corrected chi connectivity index (χ3v) is 6.35. The fourth-order valence-electron chi connectivity index (χ4n) is 1.63. The lowest BCUT2D eigenvalue weighted by atomic mass is 10.3. The second-order valence-electron chi connectivity index (χ2n) is 4.69. The van der Waals surface area contributed by atoms with E-state index in [-0.39, 0.29) is 16.9 Å². The molecule has 1 unspecified atom stereocenters. The number of aromatic nitrogens is 2. The van der Waals surface area contributed by atoms with Gasteiger partial charge in [0.1, 0.15) is 5.75 Å². The predicted octanol–water partition coefficient (Wildman–Crippen LogP) is 2.90. The van der Waals surface area contributed by atoms with E-state index < -0.39 is 5.91 Å². The summed E-state index contributed by atoms with van der Waals surface area (Å²) in [4.78, 5) is 23.1. The van der Waals surface area contributed by atoms with E-state index in [0.29, 0.717) is 25.1 Å². The number of ether oxygens (including phenoxy) is 1. The van der Waals surface area contributed by atoms with Crippen molar-refractivity contribution in [1.29, 1.82) is 0 Å². The molecule has 1 aromatic heterocycles. The number of methoxy groups -OCH3 is 1. The molecule has 11 heteroatoms. The van der Waals surface area contributed by atoms with Crippen LogP contribution in [-0.4, -0.2) is 40.1 Å². The van der Waals surface area contributed by atoms with Crippen LogP contribution in [-0.2, 0) is 9.59 Å². The summed E-state index contributed by atoms with van der Waals surface area (Å²) in [6.07, 6.45) is 0. The maximum atomic E-state index is 12.3. The molecule has 7 nitrogen and oxygen atoms in total. The molecule has 0 spiro atoms. The van der Waals surface area contributed by atoms with E-state index in [0.717, 1.165) is 0 Å². The van der Waals surface area contributed by atoms with Crippen molar-refractivity contribution in [2.75, 3.05) is 18.2 Å². The van der Waals surface area contributed by atoms with Crippen LogP contribution in [0.25, 0.3) is 0 Å². The first-order valence-corrected chi connectivity index (χ1v) is 10.0. The van der Waals surface area contributed by atoms with Crippen molar-refractivity contribution in [2.45, 2.75) is 20.9 Å². The van der Waals surface area contributed by atoms with Crippen molar-refractivity contribution in [1.82, 2.24) is 10.2 Å². The molecule has 2 aromatic rings. The maximum Gasteiger partial charge on any atom is 0.237 e.